The summed E-state index contributed by atoms with van der Waals surface area (Å²) in [4.78, 5) is 11.6. The van der Waals surface area contributed by atoms with Crippen LogP contribution in [-0.4, -0.2) is 18.0 Å². The molecule has 0 bridgehead atoms. The number of benzene rings is 1. The number of carbonyl (C=O) groups is 1. The van der Waals surface area contributed by atoms with Crippen molar-refractivity contribution in [2.45, 2.75) is 18.9 Å². The van der Waals surface area contributed by atoms with Gasteiger partial charge in [-0.25, -0.2) is 0 Å². The highest BCUT2D eigenvalue weighted by molar-refractivity contribution is 6.01. The molecule has 0 spiro atoms. The minimum absolute atomic E-state index is 0.0581. The maximum Gasteiger partial charge on any atom is 0.167 e. The fourth-order valence-electron chi connectivity index (χ4n) is 1.84. The predicted molar refractivity (Wildman–Crippen MR) is 51.5 cm³/mol. The number of Topliss-reactive ketones (excluding diaryl/α,β-unsaturated/α-hetero) is 1. The highest BCUT2D eigenvalue weighted by Gasteiger charge is 2.26. The summed E-state index contributed by atoms with van der Waals surface area (Å²) < 4.78 is 5.10. The Labute approximate surface area is 82.3 Å². The Balaban J connectivity index is 2.60. The molecule has 0 radical (unpaired) electrons. The molecular weight excluding hydrogens is 180 g/mol. The Morgan fingerprint density at radius 2 is 2.29 bits per heavy atom. The first kappa shape index (κ1) is 9.21. The molecule has 14 heavy (non-hydrogen) atoms. The number of ketones is 1. The van der Waals surface area contributed by atoms with Gasteiger partial charge in [-0.05, 0) is 18.1 Å². The summed E-state index contributed by atoms with van der Waals surface area (Å²) in [5.74, 6) is 0.619. The lowest BCUT2D eigenvalue weighted by molar-refractivity contribution is 0.0892. The summed E-state index contributed by atoms with van der Waals surface area (Å²) in [7, 11) is 1.53. The van der Waals surface area contributed by atoms with Gasteiger partial charge in [0, 0.05) is 6.42 Å². The van der Waals surface area contributed by atoms with Crippen molar-refractivity contribution >= 4 is 5.78 Å². The molecule has 0 aromatic heterocycles. The van der Waals surface area contributed by atoms with Crippen molar-refractivity contribution in [1.82, 2.24) is 0 Å². The van der Waals surface area contributed by atoms with Gasteiger partial charge in [-0.1, -0.05) is 12.1 Å². The molecule has 0 amide bonds. The number of hydrogen-bond acceptors (Lipinski definition) is 3. The molecule has 0 aliphatic heterocycles. The molecule has 0 saturated heterocycles. The Bertz CT molecular complexity index is 371. The third kappa shape index (κ3) is 1.30. The summed E-state index contributed by atoms with van der Waals surface area (Å²) in [6.45, 7) is 0. The maximum absolute atomic E-state index is 11.6. The topological polar surface area (TPSA) is 46.5 Å². The molecule has 1 aliphatic carbocycles. The molecule has 1 atom stereocenters. The minimum Gasteiger partial charge on any atom is -0.496 e. The summed E-state index contributed by atoms with van der Waals surface area (Å²) >= 11 is 0. The monoisotopic (exact) mass is 192 g/mol. The van der Waals surface area contributed by atoms with Crippen molar-refractivity contribution in [1.29, 1.82) is 0 Å². The molecule has 3 heteroatoms. The van der Waals surface area contributed by atoms with Crippen molar-refractivity contribution in [2.24, 2.45) is 0 Å². The lowest BCUT2D eigenvalue weighted by Crippen LogP contribution is -2.16. The molecular formula is C11H12O3. The second kappa shape index (κ2) is 3.42. The molecule has 0 unspecified atom stereocenters. The second-order valence-electron chi connectivity index (χ2n) is 3.40. The van der Waals surface area contributed by atoms with E-state index in [4.69, 9.17) is 4.74 Å². The number of methoxy groups -OCH3 is 1. The summed E-state index contributed by atoms with van der Waals surface area (Å²) in [6.07, 6.45) is 0.380. The number of fused-ring (bicyclic) bond motifs is 1. The van der Waals surface area contributed by atoms with Crippen LogP contribution >= 0.6 is 0 Å². The summed E-state index contributed by atoms with van der Waals surface area (Å²) in [5.41, 5.74) is 1.24. The number of ether oxygens (including phenoxy) is 1. The van der Waals surface area contributed by atoms with Gasteiger partial charge in [0.05, 0.1) is 18.8 Å². The van der Waals surface area contributed by atoms with Gasteiger partial charge in [0.2, 0.25) is 0 Å². The molecule has 1 aliphatic rings. The predicted octanol–water partition coefficient (Wildman–Crippen LogP) is 1.71. The van der Waals surface area contributed by atoms with Crippen LogP contribution in [-0.2, 0) is 0 Å². The molecule has 1 aromatic carbocycles. The molecule has 1 aromatic rings. The van der Waals surface area contributed by atoms with Crippen LogP contribution in [0.2, 0.25) is 0 Å². The van der Waals surface area contributed by atoms with Gasteiger partial charge in [-0.15, -0.1) is 0 Å². The molecule has 3 nitrogen and oxygen atoms in total. The van der Waals surface area contributed by atoms with Gasteiger partial charge in [0.1, 0.15) is 5.75 Å². The van der Waals surface area contributed by atoms with E-state index in [9.17, 15) is 9.90 Å². The fourth-order valence-corrected chi connectivity index (χ4v) is 1.84. The van der Waals surface area contributed by atoms with Gasteiger partial charge in [0.15, 0.2) is 5.78 Å². The van der Waals surface area contributed by atoms with Gasteiger partial charge in [-0.3, -0.25) is 4.79 Å². The summed E-state index contributed by atoms with van der Waals surface area (Å²) in [6, 6.07) is 5.31. The van der Waals surface area contributed by atoms with E-state index in [1.165, 1.54) is 7.11 Å². The number of aliphatic hydroxyl groups excluding tert-OH is 1. The normalized spacial score (nSPS) is 20.4. The van der Waals surface area contributed by atoms with E-state index in [1.54, 1.807) is 18.2 Å². The van der Waals surface area contributed by atoms with Crippen LogP contribution in [0.1, 0.15) is 34.9 Å². The Kier molecular flexibility index (Phi) is 2.25. The van der Waals surface area contributed by atoms with Crippen LogP contribution in [0.4, 0.5) is 0 Å². The van der Waals surface area contributed by atoms with Crippen molar-refractivity contribution in [3.8, 4) is 5.75 Å². The van der Waals surface area contributed by atoms with Crippen LogP contribution < -0.4 is 4.74 Å². The molecule has 2 rings (SSSR count). The fraction of sp³-hybridized carbons (Fsp3) is 0.364. The highest BCUT2D eigenvalue weighted by atomic mass is 16.5. The largest absolute Gasteiger partial charge is 0.496 e. The zero-order valence-corrected chi connectivity index (χ0v) is 7.99. The Morgan fingerprint density at radius 3 is 3.00 bits per heavy atom. The SMILES string of the molecule is COc1cccc2c1C(=O)CC[C@@H]2O. The van der Waals surface area contributed by atoms with Crippen LogP contribution in [0.3, 0.4) is 0 Å². The second-order valence-corrected chi connectivity index (χ2v) is 3.40. The Morgan fingerprint density at radius 1 is 1.50 bits per heavy atom. The lowest BCUT2D eigenvalue weighted by Gasteiger charge is -2.21. The molecule has 0 saturated carbocycles. The minimum atomic E-state index is -0.530. The van der Waals surface area contributed by atoms with E-state index >= 15 is 0 Å². The first-order valence-corrected chi connectivity index (χ1v) is 4.62. The van der Waals surface area contributed by atoms with Crippen molar-refractivity contribution in [2.75, 3.05) is 7.11 Å². The molecule has 1 N–H and O–H groups in total. The zero-order chi connectivity index (χ0) is 10.1. The van der Waals surface area contributed by atoms with E-state index in [0.29, 0.717) is 29.7 Å². The third-order valence-corrected chi connectivity index (χ3v) is 2.56. The van der Waals surface area contributed by atoms with Crippen LogP contribution in [0.5, 0.6) is 5.75 Å². The van der Waals surface area contributed by atoms with Crippen molar-refractivity contribution < 1.29 is 14.6 Å². The zero-order valence-electron chi connectivity index (χ0n) is 7.99. The lowest BCUT2D eigenvalue weighted by atomic mass is 9.88. The molecule has 74 valence electrons. The number of hydrogen-bond donors (Lipinski definition) is 1. The third-order valence-electron chi connectivity index (χ3n) is 2.56. The highest BCUT2D eigenvalue weighted by Crippen LogP contribution is 2.34. The Hall–Kier alpha value is -1.35. The van der Waals surface area contributed by atoms with E-state index in [2.05, 4.69) is 0 Å². The van der Waals surface area contributed by atoms with Crippen molar-refractivity contribution in [3.05, 3.63) is 29.3 Å². The van der Waals surface area contributed by atoms with E-state index in [0.717, 1.165) is 0 Å². The van der Waals surface area contributed by atoms with Crippen LogP contribution in [0.15, 0.2) is 18.2 Å². The van der Waals surface area contributed by atoms with E-state index in [-0.39, 0.29) is 5.78 Å². The standard InChI is InChI=1S/C11H12O3/c1-14-10-4-2-3-7-8(12)5-6-9(13)11(7)10/h2-4,8,12H,5-6H2,1H3/t8-/m0/s1. The first-order chi connectivity index (χ1) is 6.74. The quantitative estimate of drug-likeness (QED) is 0.736. The van der Waals surface area contributed by atoms with Crippen molar-refractivity contribution in [3.63, 3.8) is 0 Å². The molecule has 0 fully saturated rings. The average molecular weight is 192 g/mol. The van der Waals surface area contributed by atoms with Gasteiger partial charge >= 0.3 is 0 Å². The summed E-state index contributed by atoms with van der Waals surface area (Å²) in [5, 5.41) is 9.69. The average Bonchev–Trinajstić information content (AvgIpc) is 2.23. The van der Waals surface area contributed by atoms with Crippen LogP contribution in [0, 0.1) is 0 Å². The first-order valence-electron chi connectivity index (χ1n) is 4.62. The smallest absolute Gasteiger partial charge is 0.167 e. The van der Waals surface area contributed by atoms with E-state index < -0.39 is 6.10 Å². The van der Waals surface area contributed by atoms with Gasteiger partial charge in [-0.2, -0.15) is 0 Å². The molecule has 0 heterocycles. The maximum atomic E-state index is 11.6. The number of aliphatic hydroxyl groups is 1. The number of rotatable bonds is 1. The van der Waals surface area contributed by atoms with Crippen LogP contribution in [0.25, 0.3) is 0 Å². The van der Waals surface area contributed by atoms with Gasteiger partial charge < -0.3 is 9.84 Å². The van der Waals surface area contributed by atoms with E-state index in [1.807, 2.05) is 0 Å². The number of carbonyl (C=O) groups excluding carboxylic acids is 1. The van der Waals surface area contributed by atoms with Gasteiger partial charge in [0.25, 0.3) is 0 Å².